The zero-order chi connectivity index (χ0) is 48.0. The molecule has 4 fully saturated rings. The third-order valence-electron chi connectivity index (χ3n) is 16.7. The van der Waals surface area contributed by atoms with Crippen molar-refractivity contribution in [2.75, 3.05) is 0 Å². The number of aromatic carboxylic acids is 2. The van der Waals surface area contributed by atoms with Gasteiger partial charge in [0.15, 0.2) is 11.5 Å². The van der Waals surface area contributed by atoms with Crippen molar-refractivity contribution < 1.29 is 38.9 Å². The highest BCUT2D eigenvalue weighted by molar-refractivity contribution is 6.33. The summed E-state index contributed by atoms with van der Waals surface area (Å²) < 4.78 is 11.2. The number of fused-ring (bicyclic) bond motifs is 5. The summed E-state index contributed by atoms with van der Waals surface area (Å²) in [6.07, 6.45) is 19.4. The van der Waals surface area contributed by atoms with Gasteiger partial charge in [-0.15, -0.1) is 0 Å². The third kappa shape index (κ3) is 10.8. The molecule has 2 aromatic rings. The van der Waals surface area contributed by atoms with Crippen LogP contribution in [0, 0.1) is 69.0 Å². The van der Waals surface area contributed by atoms with E-state index in [2.05, 4.69) is 34.6 Å². The quantitative estimate of drug-likeness (QED) is 0.142. The molecule has 4 aliphatic rings. The fraction of sp³-hybridized carbons (Fsp3) is 0.673. The average Bonchev–Trinajstić information content (AvgIpc) is 3.57. The van der Waals surface area contributed by atoms with Gasteiger partial charge in [-0.25, -0.2) is 9.59 Å². The molecule has 4 saturated carbocycles. The Bertz CT molecular complexity index is 2060. The Hall–Kier alpha value is -3.36. The molecule has 2 N–H and O–H groups in total. The van der Waals surface area contributed by atoms with E-state index >= 15 is 0 Å². The van der Waals surface area contributed by atoms with Crippen LogP contribution in [0.4, 0.5) is 0 Å². The molecule has 65 heavy (non-hydrogen) atoms. The van der Waals surface area contributed by atoms with E-state index < -0.39 is 34.7 Å². The van der Waals surface area contributed by atoms with Gasteiger partial charge in [-0.1, -0.05) is 83.2 Å². The van der Waals surface area contributed by atoms with Crippen molar-refractivity contribution in [2.45, 2.75) is 166 Å². The van der Waals surface area contributed by atoms with E-state index in [1.807, 2.05) is 6.08 Å². The van der Waals surface area contributed by atoms with Crippen molar-refractivity contribution in [1.82, 2.24) is 0 Å². The van der Waals surface area contributed by atoms with E-state index in [1.165, 1.54) is 94.9 Å². The molecule has 0 radical (unpaired) electrons. The average molecular weight is 936 g/mol. The van der Waals surface area contributed by atoms with Crippen molar-refractivity contribution >= 4 is 52.7 Å². The monoisotopic (exact) mass is 934 g/mol. The highest BCUT2D eigenvalue weighted by atomic mass is 35.5. The van der Waals surface area contributed by atoms with Crippen LogP contribution in [-0.2, 0) is 9.59 Å². The minimum atomic E-state index is -1.35. The van der Waals surface area contributed by atoms with E-state index in [0.29, 0.717) is 45.8 Å². The molecule has 5 unspecified atom stereocenters. The number of halogens is 2. The SMILES string of the molecule is CC(C)CCCC(C)[C@H]1CCC2C3CCC4C[C@@H](CCC=C(c5cc(Cl)c(OC(=O)C(C)(C)C)c(C(=O)O)c5)c5cc(Cl)c(OC(=O)C(C)(C)C)c(C(=O)O)c5)CC[C@]4(C)C3CC[C@@]21C. The molecule has 10 heteroatoms. The second kappa shape index (κ2) is 19.7. The number of benzene rings is 2. The molecule has 0 amide bonds. The van der Waals surface area contributed by atoms with Crippen molar-refractivity contribution in [2.24, 2.45) is 69.0 Å². The van der Waals surface area contributed by atoms with Crippen LogP contribution in [-0.4, -0.2) is 34.1 Å². The van der Waals surface area contributed by atoms with Gasteiger partial charge in [0.2, 0.25) is 0 Å². The van der Waals surface area contributed by atoms with Crippen molar-refractivity contribution in [3.63, 3.8) is 0 Å². The second-order valence-corrected chi connectivity index (χ2v) is 24.4. The van der Waals surface area contributed by atoms with Crippen LogP contribution in [0.5, 0.6) is 11.5 Å². The van der Waals surface area contributed by atoms with Crippen LogP contribution < -0.4 is 9.47 Å². The number of carboxylic acid groups (broad SMARTS) is 2. The Labute approximate surface area is 399 Å². The number of carboxylic acids is 2. The molecular formula is C55H76Cl2O8. The number of carbonyl (C=O) groups is 4. The molecule has 358 valence electrons. The van der Waals surface area contributed by atoms with Crippen molar-refractivity contribution in [1.29, 1.82) is 0 Å². The molecule has 8 nitrogen and oxygen atoms in total. The van der Waals surface area contributed by atoms with Crippen LogP contribution in [0.25, 0.3) is 5.57 Å². The van der Waals surface area contributed by atoms with Gasteiger partial charge in [0.1, 0.15) is 11.1 Å². The first-order valence-corrected chi connectivity index (χ1v) is 25.3. The number of rotatable bonds is 14. The summed E-state index contributed by atoms with van der Waals surface area (Å²) in [5, 5.41) is 20.6. The number of hydrogen-bond donors (Lipinski definition) is 2. The molecule has 4 aliphatic carbocycles. The Balaban J connectivity index is 1.25. The zero-order valence-corrected chi connectivity index (χ0v) is 42.5. The van der Waals surface area contributed by atoms with E-state index in [-0.39, 0.29) is 32.7 Å². The van der Waals surface area contributed by atoms with Gasteiger partial charge in [-0.05, 0) is 211 Å². The molecule has 0 heterocycles. The van der Waals surface area contributed by atoms with E-state index in [9.17, 15) is 29.4 Å². The molecule has 0 bridgehead atoms. The molecule has 0 aromatic heterocycles. The van der Waals surface area contributed by atoms with E-state index in [4.69, 9.17) is 32.7 Å². The Morgan fingerprint density at radius 2 is 1.25 bits per heavy atom. The van der Waals surface area contributed by atoms with Crippen LogP contribution in [0.1, 0.15) is 198 Å². The summed E-state index contributed by atoms with van der Waals surface area (Å²) in [5.41, 5.74) is -0.379. The molecule has 2 aromatic carbocycles. The lowest BCUT2D eigenvalue weighted by Gasteiger charge is -2.61. The summed E-state index contributed by atoms with van der Waals surface area (Å²) in [6.45, 7) is 22.5. The van der Waals surface area contributed by atoms with Gasteiger partial charge in [0.05, 0.1) is 20.9 Å². The van der Waals surface area contributed by atoms with E-state index in [0.717, 1.165) is 48.3 Å². The lowest BCUT2D eigenvalue weighted by molar-refractivity contribution is -0.143. The zero-order valence-electron chi connectivity index (χ0n) is 41.0. The highest BCUT2D eigenvalue weighted by Crippen LogP contribution is 2.69. The maximum Gasteiger partial charge on any atom is 0.339 e. The molecule has 0 aliphatic heterocycles. The molecule has 9 atom stereocenters. The van der Waals surface area contributed by atoms with Crippen molar-refractivity contribution in [3.8, 4) is 11.5 Å². The minimum Gasteiger partial charge on any atom is -0.478 e. The predicted octanol–water partition coefficient (Wildman–Crippen LogP) is 15.2. The standard InChI is InChI=1S/C55H76Cl2O8/c1-31(2)14-12-15-32(3)41-20-21-42-38-19-18-36-26-33(22-24-54(36,10)43(38)23-25-55(41,42)11)16-13-17-37(34-27-39(48(58)59)46(44(56)29-34)64-50(62)52(4,5)6)35-28-40(49(60)61)47(45(57)30-35)65-51(63)53(7,8)9/h17,27-33,36,38,41-43H,12-16,18-26H2,1-11H3,(H,58,59)(H,60,61)/t32?,33-,36?,38?,41+,42?,43?,54-,55+/m0/s1. The number of allylic oxidation sites excluding steroid dienone is 1. The summed E-state index contributed by atoms with van der Waals surface area (Å²) in [6, 6.07) is 5.86. The minimum absolute atomic E-state index is 0.0850. The summed E-state index contributed by atoms with van der Waals surface area (Å²) in [5.74, 6) is 1.59. The van der Waals surface area contributed by atoms with E-state index in [1.54, 1.807) is 41.5 Å². The largest absolute Gasteiger partial charge is 0.478 e. The normalized spacial score (nSPS) is 28.1. The molecule has 0 saturated heterocycles. The van der Waals surface area contributed by atoms with Crippen molar-refractivity contribution in [3.05, 3.63) is 62.6 Å². The van der Waals surface area contributed by atoms with Gasteiger partial charge in [-0.2, -0.15) is 0 Å². The first-order chi connectivity index (χ1) is 30.3. The fourth-order valence-corrected chi connectivity index (χ4v) is 13.5. The van der Waals surface area contributed by atoms with Gasteiger partial charge in [0, 0.05) is 0 Å². The van der Waals surface area contributed by atoms with Crippen LogP contribution >= 0.6 is 23.2 Å². The summed E-state index contributed by atoms with van der Waals surface area (Å²) >= 11 is 13.5. The van der Waals surface area contributed by atoms with Crippen LogP contribution in [0.2, 0.25) is 10.0 Å². The van der Waals surface area contributed by atoms with Crippen LogP contribution in [0.3, 0.4) is 0 Å². The number of carbonyl (C=O) groups excluding carboxylic acids is 2. The Morgan fingerprint density at radius 3 is 1.75 bits per heavy atom. The first kappa shape index (κ1) is 51.0. The smallest absolute Gasteiger partial charge is 0.339 e. The fourth-order valence-electron chi connectivity index (χ4n) is 13.0. The number of esters is 2. The second-order valence-electron chi connectivity index (χ2n) is 23.6. The number of ether oxygens (including phenoxy) is 2. The maximum absolute atomic E-state index is 12.9. The molecular weight excluding hydrogens is 860 g/mol. The third-order valence-corrected chi connectivity index (χ3v) is 17.2. The topological polar surface area (TPSA) is 127 Å². The lowest BCUT2D eigenvalue weighted by atomic mass is 9.44. The van der Waals surface area contributed by atoms with Gasteiger partial charge < -0.3 is 19.7 Å². The predicted molar refractivity (Wildman–Crippen MR) is 260 cm³/mol. The van der Waals surface area contributed by atoms with Gasteiger partial charge >= 0.3 is 23.9 Å². The lowest BCUT2D eigenvalue weighted by Crippen LogP contribution is -2.53. The number of hydrogen-bond acceptors (Lipinski definition) is 6. The molecule has 0 spiro atoms. The summed E-state index contributed by atoms with van der Waals surface area (Å²) in [7, 11) is 0. The maximum atomic E-state index is 12.9. The Morgan fingerprint density at radius 1 is 0.723 bits per heavy atom. The van der Waals surface area contributed by atoms with Gasteiger partial charge in [-0.3, -0.25) is 9.59 Å². The first-order valence-electron chi connectivity index (χ1n) is 24.5. The molecule has 6 rings (SSSR count). The van der Waals surface area contributed by atoms with Crippen LogP contribution in [0.15, 0.2) is 30.3 Å². The summed E-state index contributed by atoms with van der Waals surface area (Å²) in [4.78, 5) is 51.3. The highest BCUT2D eigenvalue weighted by Gasteiger charge is 2.60. The van der Waals surface area contributed by atoms with Gasteiger partial charge in [0.25, 0.3) is 0 Å². The Kier molecular flexibility index (Phi) is 15.5.